The summed E-state index contributed by atoms with van der Waals surface area (Å²) in [5, 5.41) is 4.76. The molecular formula is C23H25N5O. The van der Waals surface area contributed by atoms with Gasteiger partial charge in [0.25, 0.3) is 0 Å². The molecule has 1 aromatic carbocycles. The van der Waals surface area contributed by atoms with E-state index >= 15 is 0 Å². The molecule has 0 aliphatic carbocycles. The molecule has 0 radical (unpaired) electrons. The number of hydrogen-bond acceptors (Lipinski definition) is 4. The van der Waals surface area contributed by atoms with Crippen molar-refractivity contribution in [2.24, 2.45) is 0 Å². The molecule has 3 heterocycles. The van der Waals surface area contributed by atoms with Gasteiger partial charge in [-0.3, -0.25) is 9.78 Å². The Morgan fingerprint density at radius 3 is 2.55 bits per heavy atom. The number of para-hydroxylation sites is 1. The Morgan fingerprint density at radius 1 is 1.07 bits per heavy atom. The smallest absolute Gasteiger partial charge is 0.246 e. The number of hydrogen-bond donors (Lipinski definition) is 0. The summed E-state index contributed by atoms with van der Waals surface area (Å²) in [7, 11) is 0. The molecule has 0 bridgehead atoms. The van der Waals surface area contributed by atoms with E-state index in [0.29, 0.717) is 0 Å². The van der Waals surface area contributed by atoms with Crippen molar-refractivity contribution in [3.8, 4) is 16.9 Å². The van der Waals surface area contributed by atoms with Crippen LogP contribution in [-0.4, -0.2) is 63.2 Å². The summed E-state index contributed by atoms with van der Waals surface area (Å²) in [6.07, 6.45) is 9.01. The van der Waals surface area contributed by atoms with Crippen molar-refractivity contribution in [2.45, 2.75) is 6.92 Å². The average molecular weight is 387 g/mol. The number of nitrogens with zero attached hydrogens (tertiary/aromatic N) is 5. The third-order valence-corrected chi connectivity index (χ3v) is 5.23. The molecule has 148 valence electrons. The number of likely N-dealkylation sites (N-methyl/N-ethyl adjacent to an activating group) is 1. The van der Waals surface area contributed by atoms with Crippen LogP contribution >= 0.6 is 0 Å². The van der Waals surface area contributed by atoms with Gasteiger partial charge in [-0.1, -0.05) is 25.1 Å². The van der Waals surface area contributed by atoms with E-state index in [2.05, 4.69) is 16.8 Å². The second kappa shape index (κ2) is 8.84. The van der Waals surface area contributed by atoms with Crippen LogP contribution in [0.25, 0.3) is 23.0 Å². The van der Waals surface area contributed by atoms with Gasteiger partial charge in [-0.05, 0) is 36.9 Å². The third-order valence-electron chi connectivity index (χ3n) is 5.23. The van der Waals surface area contributed by atoms with Crippen LogP contribution in [-0.2, 0) is 4.79 Å². The fourth-order valence-corrected chi connectivity index (χ4v) is 3.50. The molecule has 0 saturated carbocycles. The van der Waals surface area contributed by atoms with Crippen LogP contribution in [0.5, 0.6) is 0 Å². The van der Waals surface area contributed by atoms with E-state index in [1.54, 1.807) is 18.5 Å². The van der Waals surface area contributed by atoms with Crippen LogP contribution in [0, 0.1) is 0 Å². The summed E-state index contributed by atoms with van der Waals surface area (Å²) in [4.78, 5) is 21.2. The molecule has 29 heavy (non-hydrogen) atoms. The van der Waals surface area contributed by atoms with E-state index < -0.39 is 0 Å². The first kappa shape index (κ1) is 19.1. The molecule has 1 fully saturated rings. The molecule has 0 atom stereocenters. The molecule has 4 rings (SSSR count). The van der Waals surface area contributed by atoms with Crippen molar-refractivity contribution in [3.63, 3.8) is 0 Å². The maximum absolute atomic E-state index is 12.7. The number of carbonyl (C=O) groups is 1. The number of carbonyl (C=O) groups excluding carboxylic acids is 1. The Bertz CT molecular complexity index is 973. The zero-order chi connectivity index (χ0) is 20.1. The van der Waals surface area contributed by atoms with Gasteiger partial charge in [0, 0.05) is 62.0 Å². The second-order valence-corrected chi connectivity index (χ2v) is 7.05. The first-order chi connectivity index (χ1) is 14.2. The highest BCUT2D eigenvalue weighted by molar-refractivity contribution is 5.93. The summed E-state index contributed by atoms with van der Waals surface area (Å²) in [6, 6.07) is 13.8. The average Bonchev–Trinajstić information content (AvgIpc) is 3.23. The van der Waals surface area contributed by atoms with E-state index in [0.717, 1.165) is 55.2 Å². The van der Waals surface area contributed by atoms with Crippen molar-refractivity contribution in [1.29, 1.82) is 0 Å². The maximum Gasteiger partial charge on any atom is 0.246 e. The highest BCUT2D eigenvalue weighted by Crippen LogP contribution is 2.24. The van der Waals surface area contributed by atoms with Gasteiger partial charge < -0.3 is 9.80 Å². The van der Waals surface area contributed by atoms with Gasteiger partial charge in [0.15, 0.2) is 0 Å². The van der Waals surface area contributed by atoms with Crippen molar-refractivity contribution >= 4 is 12.0 Å². The standard InChI is InChI=1S/C23H25N5O/c1-2-26-13-15-27(16-14-26)22(29)11-10-20-18-28(21-8-4-3-5-9-21)25-23(20)19-7-6-12-24-17-19/h3-12,17-18H,2,13-16H2,1H3/b11-10+. The Hall–Kier alpha value is -3.25. The zero-order valence-electron chi connectivity index (χ0n) is 16.6. The van der Waals surface area contributed by atoms with Crippen LogP contribution in [0.1, 0.15) is 12.5 Å². The SMILES string of the molecule is CCN1CCN(C(=O)/C=C/c2cn(-c3ccccc3)nc2-c2cccnc2)CC1. The van der Waals surface area contributed by atoms with E-state index in [1.165, 1.54) is 0 Å². The summed E-state index contributed by atoms with van der Waals surface area (Å²) in [5.41, 5.74) is 3.59. The Balaban J connectivity index is 1.59. The van der Waals surface area contributed by atoms with Crippen molar-refractivity contribution in [1.82, 2.24) is 24.6 Å². The summed E-state index contributed by atoms with van der Waals surface area (Å²) in [5.74, 6) is 0.0466. The van der Waals surface area contributed by atoms with Gasteiger partial charge in [-0.2, -0.15) is 5.10 Å². The number of aromatic nitrogens is 3. The minimum Gasteiger partial charge on any atom is -0.337 e. The van der Waals surface area contributed by atoms with Crippen molar-refractivity contribution in [3.05, 3.63) is 72.7 Å². The van der Waals surface area contributed by atoms with Crippen LogP contribution in [0.2, 0.25) is 0 Å². The fraction of sp³-hybridized carbons (Fsp3) is 0.261. The quantitative estimate of drug-likeness (QED) is 0.631. The lowest BCUT2D eigenvalue weighted by Gasteiger charge is -2.33. The number of benzene rings is 1. The molecule has 1 amide bonds. The molecule has 0 spiro atoms. The normalized spacial score (nSPS) is 15.1. The molecule has 2 aromatic heterocycles. The van der Waals surface area contributed by atoms with Gasteiger partial charge in [0.1, 0.15) is 5.69 Å². The Labute approximate surface area is 171 Å². The van der Waals surface area contributed by atoms with Crippen molar-refractivity contribution < 1.29 is 4.79 Å². The lowest BCUT2D eigenvalue weighted by atomic mass is 10.1. The number of pyridine rings is 1. The summed E-state index contributed by atoms with van der Waals surface area (Å²) < 4.78 is 1.84. The van der Waals surface area contributed by atoms with Crippen LogP contribution in [0.3, 0.4) is 0 Å². The summed E-state index contributed by atoms with van der Waals surface area (Å²) in [6.45, 7) is 6.60. The van der Waals surface area contributed by atoms with Gasteiger partial charge in [-0.25, -0.2) is 4.68 Å². The van der Waals surface area contributed by atoms with Gasteiger partial charge in [0.2, 0.25) is 5.91 Å². The van der Waals surface area contributed by atoms with E-state index in [1.807, 2.05) is 64.3 Å². The minimum absolute atomic E-state index is 0.0466. The predicted molar refractivity (Wildman–Crippen MR) is 115 cm³/mol. The van der Waals surface area contributed by atoms with Gasteiger partial charge >= 0.3 is 0 Å². The lowest BCUT2D eigenvalue weighted by Crippen LogP contribution is -2.48. The van der Waals surface area contributed by atoms with Crippen molar-refractivity contribution in [2.75, 3.05) is 32.7 Å². The molecule has 6 nitrogen and oxygen atoms in total. The Morgan fingerprint density at radius 2 is 1.86 bits per heavy atom. The van der Waals surface area contributed by atoms with Gasteiger partial charge in [0.05, 0.1) is 5.69 Å². The highest BCUT2D eigenvalue weighted by Gasteiger charge is 2.18. The molecular weight excluding hydrogens is 362 g/mol. The highest BCUT2D eigenvalue weighted by atomic mass is 16.2. The van der Waals surface area contributed by atoms with Gasteiger partial charge in [-0.15, -0.1) is 0 Å². The predicted octanol–water partition coefficient (Wildman–Crippen LogP) is 3.11. The first-order valence-corrected chi connectivity index (χ1v) is 9.99. The molecule has 1 saturated heterocycles. The van der Waals surface area contributed by atoms with Crippen LogP contribution in [0.4, 0.5) is 0 Å². The Kier molecular flexibility index (Phi) is 5.81. The fourth-order valence-electron chi connectivity index (χ4n) is 3.50. The third kappa shape index (κ3) is 4.43. The van der Waals surface area contributed by atoms with E-state index in [9.17, 15) is 4.79 Å². The largest absolute Gasteiger partial charge is 0.337 e. The molecule has 6 heteroatoms. The molecule has 1 aliphatic rings. The topological polar surface area (TPSA) is 54.3 Å². The molecule has 0 N–H and O–H groups in total. The maximum atomic E-state index is 12.7. The number of rotatable bonds is 5. The molecule has 1 aliphatic heterocycles. The van der Waals surface area contributed by atoms with Crippen LogP contribution in [0.15, 0.2) is 67.1 Å². The van der Waals surface area contributed by atoms with Crippen LogP contribution < -0.4 is 0 Å². The first-order valence-electron chi connectivity index (χ1n) is 9.99. The lowest BCUT2D eigenvalue weighted by molar-refractivity contribution is -0.127. The van der Waals surface area contributed by atoms with E-state index in [-0.39, 0.29) is 5.91 Å². The molecule has 0 unspecified atom stereocenters. The second-order valence-electron chi connectivity index (χ2n) is 7.05. The summed E-state index contributed by atoms with van der Waals surface area (Å²) >= 11 is 0. The van der Waals surface area contributed by atoms with E-state index in [4.69, 9.17) is 5.10 Å². The minimum atomic E-state index is 0.0466. The number of amides is 1. The zero-order valence-corrected chi connectivity index (χ0v) is 16.6. The monoisotopic (exact) mass is 387 g/mol. The number of piperazine rings is 1. The molecule has 3 aromatic rings.